The van der Waals surface area contributed by atoms with Gasteiger partial charge in [0.25, 0.3) is 0 Å². The fraction of sp³-hybridized carbons (Fsp3) is 0.545. The van der Waals surface area contributed by atoms with Crippen molar-refractivity contribution in [2.45, 2.75) is 58.1 Å². The van der Waals surface area contributed by atoms with Crippen LogP contribution >= 0.6 is 0 Å². The summed E-state index contributed by atoms with van der Waals surface area (Å²) in [4.78, 5) is 34.5. The first kappa shape index (κ1) is 20.4. The molecule has 2 atom stereocenters. The van der Waals surface area contributed by atoms with Crippen LogP contribution in [0.15, 0.2) is 35.0 Å². The number of hydrogen-bond donors (Lipinski definition) is 2. The Morgan fingerprint density at radius 2 is 2.17 bits per heavy atom. The summed E-state index contributed by atoms with van der Waals surface area (Å²) in [6, 6.07) is 3.87. The summed E-state index contributed by atoms with van der Waals surface area (Å²) in [5.74, 6) is 2.05. The minimum Gasteiger partial charge on any atom is -0.446 e. The molecule has 8 nitrogen and oxygen atoms in total. The third-order valence-corrected chi connectivity index (χ3v) is 5.73. The van der Waals surface area contributed by atoms with Gasteiger partial charge in [-0.3, -0.25) is 9.79 Å². The van der Waals surface area contributed by atoms with Gasteiger partial charge in [-0.05, 0) is 69.2 Å². The average molecular weight is 412 g/mol. The van der Waals surface area contributed by atoms with Gasteiger partial charge in [-0.25, -0.2) is 9.78 Å². The smallest absolute Gasteiger partial charge is 0.407 e. The molecule has 2 amide bonds. The van der Waals surface area contributed by atoms with E-state index in [-0.39, 0.29) is 24.1 Å². The van der Waals surface area contributed by atoms with Crippen molar-refractivity contribution >= 4 is 29.3 Å². The van der Waals surface area contributed by atoms with Crippen LogP contribution in [0.3, 0.4) is 0 Å². The zero-order valence-corrected chi connectivity index (χ0v) is 17.6. The minimum atomic E-state index is -0.334. The van der Waals surface area contributed by atoms with Crippen molar-refractivity contribution in [1.29, 1.82) is 0 Å². The Morgan fingerprint density at radius 1 is 1.30 bits per heavy atom. The standard InChI is InChI=1S/C22H29N5O3/c1-14(2)25-22(29)30-18-7-5-15(10-18)16-11-20(23-12-16)26-19-8-6-17(13-24-19)27-9-3-4-21(27)28/h6,8,11,13-15,18H,3-5,7,9-10,12H2,1-2H3,(H,25,29)(H,23,24,26)/t15-,18+/m0/s1. The predicted molar refractivity (Wildman–Crippen MR) is 116 cm³/mol. The zero-order valence-electron chi connectivity index (χ0n) is 17.6. The van der Waals surface area contributed by atoms with Crippen molar-refractivity contribution in [2.75, 3.05) is 23.3 Å². The van der Waals surface area contributed by atoms with Crippen molar-refractivity contribution in [3.63, 3.8) is 0 Å². The number of pyridine rings is 1. The molecular weight excluding hydrogens is 382 g/mol. The first-order valence-corrected chi connectivity index (χ1v) is 10.7. The fourth-order valence-electron chi connectivity index (χ4n) is 4.24. The molecule has 0 bridgehead atoms. The summed E-state index contributed by atoms with van der Waals surface area (Å²) >= 11 is 0. The summed E-state index contributed by atoms with van der Waals surface area (Å²) in [6.07, 6.45) is 7.69. The van der Waals surface area contributed by atoms with Gasteiger partial charge in [0, 0.05) is 19.0 Å². The van der Waals surface area contributed by atoms with Gasteiger partial charge < -0.3 is 20.3 Å². The van der Waals surface area contributed by atoms with E-state index in [4.69, 9.17) is 4.74 Å². The van der Waals surface area contributed by atoms with Gasteiger partial charge in [-0.1, -0.05) is 0 Å². The van der Waals surface area contributed by atoms with Crippen LogP contribution in [0.5, 0.6) is 0 Å². The lowest BCUT2D eigenvalue weighted by molar-refractivity contribution is -0.117. The number of amidine groups is 1. The van der Waals surface area contributed by atoms with Gasteiger partial charge in [0.1, 0.15) is 17.8 Å². The quantitative estimate of drug-likeness (QED) is 0.775. The van der Waals surface area contributed by atoms with Crippen molar-refractivity contribution in [2.24, 2.45) is 10.9 Å². The highest BCUT2D eigenvalue weighted by atomic mass is 16.6. The zero-order chi connectivity index (χ0) is 21.1. The summed E-state index contributed by atoms with van der Waals surface area (Å²) < 4.78 is 5.53. The second-order valence-electron chi connectivity index (χ2n) is 8.43. The van der Waals surface area contributed by atoms with Crippen LogP contribution in [0.25, 0.3) is 0 Å². The summed E-state index contributed by atoms with van der Waals surface area (Å²) in [6.45, 7) is 5.26. The Balaban J connectivity index is 1.29. The molecule has 1 aromatic heterocycles. The Labute approximate surface area is 176 Å². The number of carbonyl (C=O) groups is 2. The Hall–Kier alpha value is -2.90. The lowest BCUT2D eigenvalue weighted by Crippen LogP contribution is -2.33. The fourth-order valence-corrected chi connectivity index (χ4v) is 4.24. The molecule has 3 aliphatic rings. The summed E-state index contributed by atoms with van der Waals surface area (Å²) in [5.41, 5.74) is 2.11. The van der Waals surface area contributed by atoms with Crippen LogP contribution in [0, 0.1) is 5.92 Å². The average Bonchev–Trinajstić information content (AvgIpc) is 3.43. The molecule has 0 spiro atoms. The first-order chi connectivity index (χ1) is 14.5. The van der Waals surface area contributed by atoms with Gasteiger partial charge in [-0.15, -0.1) is 0 Å². The van der Waals surface area contributed by atoms with E-state index in [1.807, 2.05) is 26.0 Å². The number of aromatic nitrogens is 1. The Kier molecular flexibility index (Phi) is 6.01. The van der Waals surface area contributed by atoms with Crippen LogP contribution in [-0.2, 0) is 9.53 Å². The number of aliphatic imine (C=N–C) groups is 1. The number of ether oxygens (including phenoxy) is 1. The highest BCUT2D eigenvalue weighted by Gasteiger charge is 2.31. The van der Waals surface area contributed by atoms with Crippen LogP contribution in [0.2, 0.25) is 0 Å². The monoisotopic (exact) mass is 411 g/mol. The number of amides is 2. The van der Waals surface area contributed by atoms with Gasteiger partial charge in [0.15, 0.2) is 0 Å². The molecule has 1 saturated heterocycles. The molecule has 1 aliphatic carbocycles. The van der Waals surface area contributed by atoms with Crippen LogP contribution in [-0.4, -0.2) is 48.1 Å². The number of carbonyl (C=O) groups excluding carboxylic acids is 2. The van der Waals surface area contributed by atoms with E-state index in [1.54, 1.807) is 11.1 Å². The van der Waals surface area contributed by atoms with Crippen LogP contribution in [0.1, 0.15) is 46.0 Å². The maximum Gasteiger partial charge on any atom is 0.407 e. The van der Waals surface area contributed by atoms with E-state index in [2.05, 4.69) is 26.7 Å². The molecule has 0 radical (unpaired) electrons. The molecule has 1 aromatic rings. The number of nitrogens with one attached hydrogen (secondary N) is 2. The molecule has 2 N–H and O–H groups in total. The van der Waals surface area contributed by atoms with Crippen molar-refractivity contribution in [3.05, 3.63) is 30.0 Å². The third-order valence-electron chi connectivity index (χ3n) is 5.73. The van der Waals surface area contributed by atoms with E-state index in [9.17, 15) is 9.59 Å². The molecule has 2 fully saturated rings. The second kappa shape index (κ2) is 8.85. The molecule has 1 saturated carbocycles. The van der Waals surface area contributed by atoms with Crippen molar-refractivity contribution in [1.82, 2.24) is 10.3 Å². The summed E-state index contributed by atoms with van der Waals surface area (Å²) in [7, 11) is 0. The number of alkyl carbamates (subject to hydrolysis) is 1. The molecule has 30 heavy (non-hydrogen) atoms. The number of anilines is 2. The minimum absolute atomic E-state index is 0.0332. The lowest BCUT2D eigenvalue weighted by atomic mass is 9.98. The second-order valence-corrected chi connectivity index (χ2v) is 8.43. The summed E-state index contributed by atoms with van der Waals surface area (Å²) in [5, 5.41) is 6.03. The Bertz CT molecular complexity index is 862. The molecule has 0 aromatic carbocycles. The largest absolute Gasteiger partial charge is 0.446 e. The van der Waals surface area contributed by atoms with Gasteiger partial charge in [0.05, 0.1) is 18.4 Å². The van der Waals surface area contributed by atoms with E-state index < -0.39 is 0 Å². The van der Waals surface area contributed by atoms with Crippen molar-refractivity contribution in [3.8, 4) is 0 Å². The van der Waals surface area contributed by atoms with E-state index in [1.165, 1.54) is 5.57 Å². The van der Waals surface area contributed by atoms with Gasteiger partial charge in [0.2, 0.25) is 5.91 Å². The lowest BCUT2D eigenvalue weighted by Gasteiger charge is -2.15. The van der Waals surface area contributed by atoms with Gasteiger partial charge in [-0.2, -0.15) is 0 Å². The van der Waals surface area contributed by atoms with E-state index in [0.717, 1.165) is 43.8 Å². The first-order valence-electron chi connectivity index (χ1n) is 10.7. The molecule has 8 heteroatoms. The van der Waals surface area contributed by atoms with Gasteiger partial charge >= 0.3 is 6.09 Å². The third kappa shape index (κ3) is 4.80. The molecule has 2 aliphatic heterocycles. The molecule has 0 unspecified atom stereocenters. The van der Waals surface area contributed by atoms with Crippen LogP contribution in [0.4, 0.5) is 16.3 Å². The van der Waals surface area contributed by atoms with E-state index >= 15 is 0 Å². The predicted octanol–water partition coefficient (Wildman–Crippen LogP) is 3.26. The maximum absolute atomic E-state index is 11.9. The van der Waals surface area contributed by atoms with E-state index in [0.29, 0.717) is 24.7 Å². The van der Waals surface area contributed by atoms with Crippen LogP contribution < -0.4 is 15.5 Å². The number of hydrogen-bond acceptors (Lipinski definition) is 6. The Morgan fingerprint density at radius 3 is 2.87 bits per heavy atom. The number of rotatable bonds is 5. The topological polar surface area (TPSA) is 95.9 Å². The molecule has 160 valence electrons. The molecular formula is C22H29N5O3. The molecule has 4 rings (SSSR count). The normalized spacial score (nSPS) is 23.6. The van der Waals surface area contributed by atoms with Crippen molar-refractivity contribution < 1.29 is 14.3 Å². The SMILES string of the molecule is CC(C)NC(=O)O[C@@H]1CC[C@H](C2=CC(Nc3ccc(N4CCCC4=O)cn3)=NC2)C1. The molecule has 3 heterocycles. The highest BCUT2D eigenvalue weighted by Crippen LogP contribution is 2.35. The number of nitrogens with zero attached hydrogens (tertiary/aromatic N) is 3. The highest BCUT2D eigenvalue weighted by molar-refractivity contribution is 6.05. The maximum atomic E-state index is 11.9.